The highest BCUT2D eigenvalue weighted by molar-refractivity contribution is 7.80. The lowest BCUT2D eigenvalue weighted by molar-refractivity contribution is -0.139. The third kappa shape index (κ3) is 10.2. The number of hydrogen-bond donors (Lipinski definition) is 5. The summed E-state index contributed by atoms with van der Waals surface area (Å²) in [5.74, 6) is -1.04. The second-order valence-corrected chi connectivity index (χ2v) is 7.88. The lowest BCUT2D eigenvalue weighted by atomic mass is 10.1. The Morgan fingerprint density at radius 1 is 1.13 bits per heavy atom. The molecular formula is C19H32N6O5S. The van der Waals surface area contributed by atoms with E-state index in [2.05, 4.69) is 21.3 Å². The van der Waals surface area contributed by atoms with Crippen LogP contribution in [-0.2, 0) is 19.2 Å². The molecule has 0 spiro atoms. The minimum absolute atomic E-state index is 0.0934. The van der Waals surface area contributed by atoms with Crippen molar-refractivity contribution in [2.24, 2.45) is 11.7 Å². The van der Waals surface area contributed by atoms with Gasteiger partial charge in [0.15, 0.2) is 10.9 Å². The molecule has 1 heterocycles. The van der Waals surface area contributed by atoms with Crippen molar-refractivity contribution in [3.63, 3.8) is 0 Å². The molecule has 0 saturated carbocycles. The van der Waals surface area contributed by atoms with Crippen LogP contribution < -0.4 is 27.0 Å². The number of amides is 5. The van der Waals surface area contributed by atoms with Gasteiger partial charge in [-0.05, 0) is 44.8 Å². The predicted octanol–water partition coefficient (Wildman–Crippen LogP) is -0.852. The molecule has 1 aliphatic heterocycles. The molecule has 1 fully saturated rings. The molecular weight excluding hydrogens is 424 g/mol. The molecule has 2 atom stereocenters. The fourth-order valence-corrected chi connectivity index (χ4v) is 3.22. The van der Waals surface area contributed by atoms with E-state index in [4.69, 9.17) is 18.0 Å². The molecule has 0 aromatic rings. The van der Waals surface area contributed by atoms with Gasteiger partial charge in [-0.15, -0.1) is 0 Å². The Hall–Kier alpha value is -2.76. The summed E-state index contributed by atoms with van der Waals surface area (Å²) >= 11 is 5.12. The number of hydrogen-bond acceptors (Lipinski definition) is 6. The smallest absolute Gasteiger partial charge is 0.312 e. The van der Waals surface area contributed by atoms with Gasteiger partial charge >= 0.3 is 6.03 Å². The number of nitrogens with zero attached hydrogens (tertiary/aromatic N) is 1. The molecule has 0 aliphatic carbocycles. The quantitative estimate of drug-likeness (QED) is 0.136. The van der Waals surface area contributed by atoms with Crippen molar-refractivity contribution in [2.75, 3.05) is 26.2 Å². The molecule has 5 amide bonds. The number of primary amides is 1. The molecule has 1 rings (SSSR count). The summed E-state index contributed by atoms with van der Waals surface area (Å²) in [6.45, 7) is 4.29. The fourth-order valence-electron chi connectivity index (χ4n) is 3.04. The van der Waals surface area contributed by atoms with Crippen LogP contribution >= 0.6 is 12.2 Å². The molecule has 6 N–H and O–H groups in total. The Kier molecular flexibility index (Phi) is 11.5. The van der Waals surface area contributed by atoms with Crippen LogP contribution in [0.4, 0.5) is 4.79 Å². The van der Waals surface area contributed by atoms with Crippen molar-refractivity contribution < 1.29 is 24.0 Å². The van der Waals surface area contributed by atoms with Crippen molar-refractivity contribution >= 4 is 46.9 Å². The number of urea groups is 1. The van der Waals surface area contributed by atoms with Gasteiger partial charge in [-0.25, -0.2) is 4.79 Å². The summed E-state index contributed by atoms with van der Waals surface area (Å²) in [6.07, 6.45) is 2.51. The van der Waals surface area contributed by atoms with Crippen LogP contribution in [0.3, 0.4) is 0 Å². The number of nitrogens with two attached hydrogens (primary N) is 1. The van der Waals surface area contributed by atoms with Crippen molar-refractivity contribution in [1.29, 1.82) is 0 Å². The fraction of sp³-hybridized carbons (Fsp3) is 0.684. The third-order valence-corrected chi connectivity index (χ3v) is 5.06. The number of unbranched alkanes of at least 4 members (excludes halogenated alkanes) is 1. The number of carbonyl (C=O) groups is 5. The Morgan fingerprint density at radius 3 is 2.39 bits per heavy atom. The molecule has 0 aromatic carbocycles. The Morgan fingerprint density at radius 2 is 1.81 bits per heavy atom. The number of rotatable bonds is 13. The van der Waals surface area contributed by atoms with E-state index in [1.807, 2.05) is 0 Å². The van der Waals surface area contributed by atoms with Crippen molar-refractivity contribution in [2.45, 2.75) is 52.0 Å². The summed E-state index contributed by atoms with van der Waals surface area (Å²) < 4.78 is 0. The van der Waals surface area contributed by atoms with E-state index >= 15 is 0 Å². The SMILES string of the molecule is CC(=O)C(CCCNC(N)=O)NC(=O)CNC(=S)NCCCCN1C(=O)CC(C)C1=O. The molecule has 1 aliphatic rings. The number of Topliss-reactive ketones (excluding diaryl/α,β-unsaturated/α-hetero) is 1. The molecule has 174 valence electrons. The first-order chi connectivity index (χ1) is 14.6. The summed E-state index contributed by atoms with van der Waals surface area (Å²) in [4.78, 5) is 59.2. The molecule has 1 saturated heterocycles. The van der Waals surface area contributed by atoms with Crippen LogP contribution in [0.2, 0.25) is 0 Å². The standard InChI is InChI=1S/C19H32N6O5S/c1-12-10-16(28)25(17(12)29)9-4-3-7-22-19(31)23-11-15(27)24-14(13(2)26)6-5-8-21-18(20)30/h12,14H,3-11H2,1-2H3,(H,24,27)(H3,20,21,30)(H2,22,23,31). The van der Waals surface area contributed by atoms with Crippen LogP contribution in [0.25, 0.3) is 0 Å². The highest BCUT2D eigenvalue weighted by Gasteiger charge is 2.34. The highest BCUT2D eigenvalue weighted by Crippen LogP contribution is 2.18. The summed E-state index contributed by atoms with van der Waals surface area (Å²) in [6, 6.07) is -1.29. The highest BCUT2D eigenvalue weighted by atomic mass is 32.1. The van der Waals surface area contributed by atoms with E-state index in [-0.39, 0.29) is 42.4 Å². The second-order valence-electron chi connectivity index (χ2n) is 7.47. The molecule has 2 unspecified atom stereocenters. The van der Waals surface area contributed by atoms with E-state index in [0.717, 1.165) is 0 Å². The molecule has 0 aromatic heterocycles. The molecule has 31 heavy (non-hydrogen) atoms. The molecule has 0 radical (unpaired) electrons. The lowest BCUT2D eigenvalue weighted by Gasteiger charge is -2.17. The van der Waals surface area contributed by atoms with Gasteiger partial charge in [0.2, 0.25) is 17.7 Å². The number of carbonyl (C=O) groups excluding carboxylic acids is 5. The van der Waals surface area contributed by atoms with Crippen molar-refractivity contribution in [3.05, 3.63) is 0 Å². The maximum atomic E-state index is 12.0. The van der Waals surface area contributed by atoms with Crippen LogP contribution in [0.1, 0.15) is 46.0 Å². The second kappa shape index (κ2) is 13.5. The monoisotopic (exact) mass is 456 g/mol. The topological polar surface area (TPSA) is 163 Å². The van der Waals surface area contributed by atoms with Gasteiger partial charge in [0, 0.05) is 32.0 Å². The first kappa shape index (κ1) is 26.3. The molecule has 0 bridgehead atoms. The van der Waals surface area contributed by atoms with Gasteiger partial charge in [0.05, 0.1) is 12.6 Å². The van der Waals surface area contributed by atoms with E-state index in [1.165, 1.54) is 11.8 Å². The number of ketones is 1. The third-order valence-electron chi connectivity index (χ3n) is 4.77. The van der Waals surface area contributed by atoms with E-state index in [9.17, 15) is 24.0 Å². The van der Waals surface area contributed by atoms with E-state index in [0.29, 0.717) is 50.4 Å². The minimum atomic E-state index is -0.649. The van der Waals surface area contributed by atoms with Crippen LogP contribution in [-0.4, -0.2) is 71.8 Å². The zero-order valence-electron chi connectivity index (χ0n) is 18.0. The maximum absolute atomic E-state index is 12.0. The van der Waals surface area contributed by atoms with Crippen molar-refractivity contribution in [3.8, 4) is 0 Å². The van der Waals surface area contributed by atoms with Gasteiger partial charge in [0.1, 0.15) is 0 Å². The molecule has 11 nitrogen and oxygen atoms in total. The number of likely N-dealkylation sites (tertiary alicyclic amines) is 1. The average Bonchev–Trinajstić information content (AvgIpc) is 2.93. The number of thiocarbonyl (C=S) groups is 1. The summed E-state index contributed by atoms with van der Waals surface area (Å²) in [7, 11) is 0. The Balaban J connectivity index is 2.17. The Labute approximate surface area is 187 Å². The first-order valence-corrected chi connectivity index (χ1v) is 10.7. The largest absolute Gasteiger partial charge is 0.363 e. The van der Waals surface area contributed by atoms with Crippen LogP contribution in [0, 0.1) is 5.92 Å². The first-order valence-electron chi connectivity index (χ1n) is 10.3. The van der Waals surface area contributed by atoms with Gasteiger partial charge in [-0.2, -0.15) is 0 Å². The lowest BCUT2D eigenvalue weighted by Crippen LogP contribution is -2.47. The van der Waals surface area contributed by atoms with Gasteiger partial charge in [0.25, 0.3) is 0 Å². The Bertz CT molecular complexity index is 701. The average molecular weight is 457 g/mol. The van der Waals surface area contributed by atoms with Crippen LogP contribution in [0.15, 0.2) is 0 Å². The molecule has 12 heteroatoms. The normalized spacial score (nSPS) is 16.6. The van der Waals surface area contributed by atoms with E-state index in [1.54, 1.807) is 6.92 Å². The maximum Gasteiger partial charge on any atom is 0.312 e. The van der Waals surface area contributed by atoms with Gasteiger partial charge in [-0.1, -0.05) is 6.92 Å². The minimum Gasteiger partial charge on any atom is -0.363 e. The summed E-state index contributed by atoms with van der Waals surface area (Å²) in [5.41, 5.74) is 4.97. The number of nitrogens with one attached hydrogen (secondary N) is 4. The summed E-state index contributed by atoms with van der Waals surface area (Å²) in [5, 5.41) is 11.1. The van der Waals surface area contributed by atoms with Crippen molar-refractivity contribution in [1.82, 2.24) is 26.2 Å². The zero-order valence-corrected chi connectivity index (χ0v) is 18.8. The predicted molar refractivity (Wildman–Crippen MR) is 118 cm³/mol. The van der Waals surface area contributed by atoms with E-state index < -0.39 is 12.1 Å². The number of imide groups is 1. The van der Waals surface area contributed by atoms with Crippen LogP contribution in [0.5, 0.6) is 0 Å². The zero-order chi connectivity index (χ0) is 23.4. The van der Waals surface area contributed by atoms with Gasteiger partial charge in [-0.3, -0.25) is 24.1 Å². The van der Waals surface area contributed by atoms with Gasteiger partial charge < -0.3 is 27.0 Å².